The van der Waals surface area contributed by atoms with Gasteiger partial charge in [-0.3, -0.25) is 14.9 Å². The van der Waals surface area contributed by atoms with E-state index in [9.17, 15) is 18.4 Å². The lowest BCUT2D eigenvalue weighted by Gasteiger charge is -2.01. The van der Waals surface area contributed by atoms with Gasteiger partial charge in [0.05, 0.1) is 0 Å². The minimum absolute atomic E-state index is 0.224. The summed E-state index contributed by atoms with van der Waals surface area (Å²) in [7, 11) is 0. The zero-order valence-electron chi connectivity index (χ0n) is 7.30. The summed E-state index contributed by atoms with van der Waals surface area (Å²) >= 11 is 0. The van der Waals surface area contributed by atoms with E-state index in [4.69, 9.17) is 0 Å². The molecule has 0 aliphatic rings. The fraction of sp³-hybridized carbons (Fsp3) is 0.111. The lowest BCUT2D eigenvalue weighted by atomic mass is 10.2. The average Bonchev–Trinajstić information content (AvgIpc) is 2.00. The van der Waals surface area contributed by atoms with Crippen molar-refractivity contribution in [3.63, 3.8) is 0 Å². The van der Waals surface area contributed by atoms with E-state index in [1.165, 1.54) is 0 Å². The van der Waals surface area contributed by atoms with Crippen molar-refractivity contribution >= 4 is 11.8 Å². The van der Waals surface area contributed by atoms with E-state index < -0.39 is 23.4 Å². The number of imide groups is 1. The van der Waals surface area contributed by atoms with Gasteiger partial charge in [-0.15, -0.1) is 0 Å². The molecule has 0 aliphatic heterocycles. The summed E-state index contributed by atoms with van der Waals surface area (Å²) in [4.78, 5) is 21.6. The quantitative estimate of drug-likeness (QED) is 0.739. The van der Waals surface area contributed by atoms with Crippen molar-refractivity contribution in [2.75, 3.05) is 0 Å². The van der Waals surface area contributed by atoms with Crippen molar-refractivity contribution in [1.82, 2.24) is 5.32 Å². The summed E-state index contributed by atoms with van der Waals surface area (Å²) in [6.07, 6.45) is 0. The van der Waals surface area contributed by atoms with Crippen LogP contribution in [0.5, 0.6) is 0 Å². The number of halogens is 2. The van der Waals surface area contributed by atoms with Crippen LogP contribution in [0.15, 0.2) is 18.2 Å². The molecule has 1 N–H and O–H groups in total. The van der Waals surface area contributed by atoms with Gasteiger partial charge in [0, 0.05) is 18.6 Å². The van der Waals surface area contributed by atoms with E-state index in [0.717, 1.165) is 19.1 Å². The Morgan fingerprint density at radius 2 is 1.64 bits per heavy atom. The molecule has 0 bridgehead atoms. The first-order valence-corrected chi connectivity index (χ1v) is 3.77. The van der Waals surface area contributed by atoms with Crippen LogP contribution in [0.4, 0.5) is 8.78 Å². The predicted molar refractivity (Wildman–Crippen MR) is 44.5 cm³/mol. The summed E-state index contributed by atoms with van der Waals surface area (Å²) in [5.41, 5.74) is -0.224. The molecule has 0 atom stereocenters. The predicted octanol–water partition coefficient (Wildman–Crippen LogP) is 1.24. The molecular formula is C9H7F2NO2. The summed E-state index contributed by atoms with van der Waals surface area (Å²) in [6, 6.07) is 2.34. The van der Waals surface area contributed by atoms with Crippen LogP contribution in [0.1, 0.15) is 17.3 Å². The Bertz CT molecular complexity index is 370. The third-order valence-electron chi connectivity index (χ3n) is 1.41. The Morgan fingerprint density at radius 3 is 2.07 bits per heavy atom. The van der Waals surface area contributed by atoms with Crippen LogP contribution in [0.2, 0.25) is 0 Å². The topological polar surface area (TPSA) is 46.2 Å². The van der Waals surface area contributed by atoms with Crippen LogP contribution in [0.25, 0.3) is 0 Å². The highest BCUT2D eigenvalue weighted by atomic mass is 19.1. The molecule has 74 valence electrons. The Balaban J connectivity index is 2.95. The molecule has 0 radical (unpaired) electrons. The normalized spacial score (nSPS) is 9.64. The van der Waals surface area contributed by atoms with E-state index in [1.54, 1.807) is 0 Å². The Labute approximate surface area is 78.7 Å². The molecule has 1 aromatic carbocycles. The second-order valence-corrected chi connectivity index (χ2v) is 2.67. The van der Waals surface area contributed by atoms with Gasteiger partial charge in [-0.05, 0) is 12.1 Å². The van der Waals surface area contributed by atoms with Gasteiger partial charge in [0.25, 0.3) is 5.91 Å². The standard InChI is InChI=1S/C9H7F2NO2/c1-5(13)12-9(14)6-2-7(10)4-8(11)3-6/h2-4H,1H3,(H,12,13,14). The van der Waals surface area contributed by atoms with Gasteiger partial charge in [-0.1, -0.05) is 0 Å². The fourth-order valence-electron chi connectivity index (χ4n) is 0.917. The maximum absolute atomic E-state index is 12.6. The van der Waals surface area contributed by atoms with Gasteiger partial charge >= 0.3 is 0 Å². The van der Waals surface area contributed by atoms with E-state index in [1.807, 2.05) is 5.32 Å². The van der Waals surface area contributed by atoms with Crippen LogP contribution in [-0.2, 0) is 4.79 Å². The van der Waals surface area contributed by atoms with Gasteiger partial charge in [0.1, 0.15) is 11.6 Å². The Hall–Kier alpha value is -1.78. The third-order valence-corrected chi connectivity index (χ3v) is 1.41. The van der Waals surface area contributed by atoms with Crippen LogP contribution in [-0.4, -0.2) is 11.8 Å². The molecule has 0 heterocycles. The van der Waals surface area contributed by atoms with Gasteiger partial charge in [-0.25, -0.2) is 8.78 Å². The second-order valence-electron chi connectivity index (χ2n) is 2.67. The van der Waals surface area contributed by atoms with Crippen LogP contribution in [0.3, 0.4) is 0 Å². The molecule has 3 nitrogen and oxygen atoms in total. The number of amides is 2. The molecule has 0 unspecified atom stereocenters. The van der Waals surface area contributed by atoms with E-state index in [-0.39, 0.29) is 5.56 Å². The SMILES string of the molecule is CC(=O)NC(=O)c1cc(F)cc(F)c1. The lowest BCUT2D eigenvalue weighted by molar-refractivity contribution is -0.118. The van der Waals surface area contributed by atoms with Crippen molar-refractivity contribution in [3.8, 4) is 0 Å². The smallest absolute Gasteiger partial charge is 0.258 e. The van der Waals surface area contributed by atoms with Gasteiger partial charge in [0.15, 0.2) is 0 Å². The second kappa shape index (κ2) is 3.95. The minimum Gasteiger partial charge on any atom is -0.293 e. The molecule has 0 aliphatic carbocycles. The van der Waals surface area contributed by atoms with Crippen LogP contribution in [0, 0.1) is 11.6 Å². The molecule has 0 saturated heterocycles. The maximum atomic E-state index is 12.6. The Morgan fingerprint density at radius 1 is 1.14 bits per heavy atom. The average molecular weight is 199 g/mol. The van der Waals surface area contributed by atoms with Gasteiger partial charge in [-0.2, -0.15) is 0 Å². The molecule has 0 saturated carbocycles. The molecule has 5 heteroatoms. The molecule has 0 aromatic heterocycles. The maximum Gasteiger partial charge on any atom is 0.258 e. The molecule has 14 heavy (non-hydrogen) atoms. The molecular weight excluding hydrogens is 192 g/mol. The first kappa shape index (κ1) is 10.3. The summed E-state index contributed by atoms with van der Waals surface area (Å²) in [5.74, 6) is -3.13. The zero-order valence-corrected chi connectivity index (χ0v) is 7.30. The first-order valence-electron chi connectivity index (χ1n) is 3.77. The number of benzene rings is 1. The number of carbonyl (C=O) groups excluding carboxylic acids is 2. The monoisotopic (exact) mass is 199 g/mol. The number of hydrogen-bond acceptors (Lipinski definition) is 2. The van der Waals surface area contributed by atoms with Crippen LogP contribution >= 0.6 is 0 Å². The van der Waals surface area contributed by atoms with Crippen molar-refractivity contribution in [1.29, 1.82) is 0 Å². The van der Waals surface area contributed by atoms with Crippen molar-refractivity contribution in [2.24, 2.45) is 0 Å². The minimum atomic E-state index is -0.862. The van der Waals surface area contributed by atoms with Crippen molar-refractivity contribution in [2.45, 2.75) is 6.92 Å². The first-order chi connectivity index (χ1) is 6.49. The summed E-state index contributed by atoms with van der Waals surface area (Å²) in [5, 5.41) is 1.90. The van der Waals surface area contributed by atoms with E-state index in [2.05, 4.69) is 0 Å². The Kier molecular flexibility index (Phi) is 2.91. The van der Waals surface area contributed by atoms with E-state index in [0.29, 0.717) is 6.07 Å². The largest absolute Gasteiger partial charge is 0.293 e. The fourth-order valence-corrected chi connectivity index (χ4v) is 0.917. The zero-order chi connectivity index (χ0) is 10.7. The highest BCUT2D eigenvalue weighted by Gasteiger charge is 2.09. The molecule has 1 aromatic rings. The highest BCUT2D eigenvalue weighted by Crippen LogP contribution is 2.07. The molecule has 2 amide bonds. The van der Waals surface area contributed by atoms with E-state index >= 15 is 0 Å². The summed E-state index contributed by atoms with van der Waals surface area (Å²) < 4.78 is 25.2. The molecule has 0 fully saturated rings. The van der Waals surface area contributed by atoms with Crippen LogP contribution < -0.4 is 5.32 Å². The molecule has 1 rings (SSSR count). The molecule has 0 spiro atoms. The summed E-state index contributed by atoms with van der Waals surface area (Å²) in [6.45, 7) is 1.13. The number of carbonyl (C=O) groups is 2. The van der Waals surface area contributed by atoms with Gasteiger partial charge in [0.2, 0.25) is 5.91 Å². The highest BCUT2D eigenvalue weighted by molar-refractivity contribution is 6.04. The number of hydrogen-bond donors (Lipinski definition) is 1. The number of nitrogens with one attached hydrogen (secondary N) is 1. The third kappa shape index (κ3) is 2.62. The van der Waals surface area contributed by atoms with Gasteiger partial charge < -0.3 is 0 Å². The van der Waals surface area contributed by atoms with Crippen molar-refractivity contribution < 1.29 is 18.4 Å². The van der Waals surface area contributed by atoms with Crippen molar-refractivity contribution in [3.05, 3.63) is 35.4 Å². The lowest BCUT2D eigenvalue weighted by Crippen LogP contribution is -2.28. The number of rotatable bonds is 1.